The first-order chi connectivity index (χ1) is 12.4. The highest BCUT2D eigenvalue weighted by molar-refractivity contribution is 6.02. The van der Waals surface area contributed by atoms with Crippen molar-refractivity contribution in [1.29, 1.82) is 0 Å². The molecular weight excluding hydrogens is 326 g/mol. The van der Waals surface area contributed by atoms with Gasteiger partial charge in [0.2, 0.25) is 0 Å². The summed E-state index contributed by atoms with van der Waals surface area (Å²) in [5, 5.41) is 12.7. The molecule has 0 radical (unpaired) electrons. The van der Waals surface area contributed by atoms with Crippen LogP contribution in [0.3, 0.4) is 0 Å². The summed E-state index contributed by atoms with van der Waals surface area (Å²) in [5.74, 6) is 0.0260. The summed E-state index contributed by atoms with van der Waals surface area (Å²) in [7, 11) is 0. The molecule has 3 aromatic rings. The third kappa shape index (κ3) is 3.19. The molecule has 3 rings (SSSR count). The van der Waals surface area contributed by atoms with E-state index >= 15 is 0 Å². The fraction of sp³-hybridized carbons (Fsp3) is 0.400. The van der Waals surface area contributed by atoms with E-state index in [-0.39, 0.29) is 18.0 Å². The SMILES string of the molecule is CCc1cc(-c2ccccc2C(=O)N(C(C)C)C(C)C)c2nncn2n1. The lowest BCUT2D eigenvalue weighted by molar-refractivity contribution is 0.0644. The van der Waals surface area contributed by atoms with Crippen molar-refractivity contribution in [2.24, 2.45) is 0 Å². The van der Waals surface area contributed by atoms with Gasteiger partial charge in [-0.15, -0.1) is 10.2 Å². The molecule has 26 heavy (non-hydrogen) atoms. The predicted octanol–water partition coefficient (Wildman–Crippen LogP) is 3.61. The number of carbonyl (C=O) groups excluding carboxylic acids is 1. The van der Waals surface area contributed by atoms with Gasteiger partial charge in [0.25, 0.3) is 5.91 Å². The Morgan fingerprint density at radius 2 is 1.81 bits per heavy atom. The van der Waals surface area contributed by atoms with E-state index < -0.39 is 0 Å². The highest BCUT2D eigenvalue weighted by atomic mass is 16.2. The number of aryl methyl sites for hydroxylation is 1. The average Bonchev–Trinajstić information content (AvgIpc) is 3.08. The zero-order chi connectivity index (χ0) is 18.8. The monoisotopic (exact) mass is 351 g/mol. The third-order valence-electron chi connectivity index (χ3n) is 4.48. The Labute approximate surface area is 153 Å². The van der Waals surface area contributed by atoms with Crippen LogP contribution in [0.25, 0.3) is 16.8 Å². The molecule has 136 valence electrons. The summed E-state index contributed by atoms with van der Waals surface area (Å²) >= 11 is 0. The summed E-state index contributed by atoms with van der Waals surface area (Å²) in [4.78, 5) is 15.2. The van der Waals surface area contributed by atoms with Crippen LogP contribution in [0.15, 0.2) is 36.7 Å². The average molecular weight is 351 g/mol. The van der Waals surface area contributed by atoms with E-state index in [0.29, 0.717) is 11.2 Å². The van der Waals surface area contributed by atoms with Gasteiger partial charge in [-0.05, 0) is 51.8 Å². The van der Waals surface area contributed by atoms with Crippen LogP contribution in [-0.2, 0) is 6.42 Å². The van der Waals surface area contributed by atoms with Gasteiger partial charge in [-0.2, -0.15) is 9.61 Å². The first kappa shape index (κ1) is 18.0. The van der Waals surface area contributed by atoms with Crippen LogP contribution in [0.5, 0.6) is 0 Å². The van der Waals surface area contributed by atoms with Gasteiger partial charge in [-0.3, -0.25) is 4.79 Å². The highest BCUT2D eigenvalue weighted by Gasteiger charge is 2.25. The first-order valence-electron chi connectivity index (χ1n) is 9.06. The Morgan fingerprint density at radius 3 is 2.46 bits per heavy atom. The molecule has 0 fully saturated rings. The van der Waals surface area contributed by atoms with Gasteiger partial charge in [0.15, 0.2) is 5.65 Å². The van der Waals surface area contributed by atoms with Crippen LogP contribution in [0.4, 0.5) is 0 Å². The van der Waals surface area contributed by atoms with Crippen molar-refractivity contribution in [3.8, 4) is 11.1 Å². The van der Waals surface area contributed by atoms with Gasteiger partial charge in [0.1, 0.15) is 6.33 Å². The van der Waals surface area contributed by atoms with E-state index in [2.05, 4.69) is 22.2 Å². The Morgan fingerprint density at radius 1 is 1.12 bits per heavy atom. The predicted molar refractivity (Wildman–Crippen MR) is 102 cm³/mol. The summed E-state index contributed by atoms with van der Waals surface area (Å²) in [6.07, 6.45) is 2.39. The minimum atomic E-state index is 0.0260. The molecule has 0 aliphatic rings. The molecule has 6 nitrogen and oxygen atoms in total. The second-order valence-electron chi connectivity index (χ2n) is 6.95. The molecule has 1 amide bonds. The summed E-state index contributed by atoms with van der Waals surface area (Å²) in [5.41, 5.74) is 4.00. The van der Waals surface area contributed by atoms with E-state index in [1.807, 2.05) is 62.9 Å². The fourth-order valence-electron chi connectivity index (χ4n) is 3.36. The molecule has 0 aliphatic heterocycles. The Bertz CT molecular complexity index is 921. The Kier molecular flexibility index (Phi) is 5.02. The number of rotatable bonds is 5. The molecule has 0 bridgehead atoms. The maximum absolute atomic E-state index is 13.3. The maximum atomic E-state index is 13.3. The summed E-state index contributed by atoms with van der Waals surface area (Å²) in [6, 6.07) is 9.94. The van der Waals surface area contributed by atoms with Gasteiger partial charge in [0.05, 0.1) is 5.69 Å². The number of amides is 1. The normalized spacial score (nSPS) is 11.5. The second kappa shape index (κ2) is 7.23. The van der Waals surface area contributed by atoms with E-state index in [4.69, 9.17) is 0 Å². The van der Waals surface area contributed by atoms with E-state index in [1.54, 1.807) is 10.8 Å². The van der Waals surface area contributed by atoms with Crippen molar-refractivity contribution in [1.82, 2.24) is 24.7 Å². The number of benzene rings is 1. The van der Waals surface area contributed by atoms with Gasteiger partial charge in [-0.25, -0.2) is 0 Å². The van der Waals surface area contributed by atoms with Crippen molar-refractivity contribution in [2.75, 3.05) is 0 Å². The van der Waals surface area contributed by atoms with Crippen LogP contribution in [-0.4, -0.2) is 42.7 Å². The Balaban J connectivity index is 2.20. The summed E-state index contributed by atoms with van der Waals surface area (Å²) < 4.78 is 1.68. The van der Waals surface area contributed by atoms with E-state index in [9.17, 15) is 4.79 Å². The molecule has 2 aromatic heterocycles. The molecule has 0 saturated heterocycles. The molecule has 0 N–H and O–H groups in total. The van der Waals surface area contributed by atoms with Crippen LogP contribution >= 0.6 is 0 Å². The van der Waals surface area contributed by atoms with Crippen LogP contribution in [0.2, 0.25) is 0 Å². The van der Waals surface area contributed by atoms with Crippen LogP contribution in [0, 0.1) is 0 Å². The molecular formula is C20H25N5O. The van der Waals surface area contributed by atoms with Crippen molar-refractivity contribution < 1.29 is 4.79 Å². The number of nitrogens with zero attached hydrogens (tertiary/aromatic N) is 5. The molecule has 1 aromatic carbocycles. The van der Waals surface area contributed by atoms with Crippen molar-refractivity contribution >= 4 is 11.6 Å². The number of carbonyl (C=O) groups is 1. The van der Waals surface area contributed by atoms with E-state index in [1.165, 1.54) is 0 Å². The largest absolute Gasteiger partial charge is 0.334 e. The van der Waals surface area contributed by atoms with Gasteiger partial charge < -0.3 is 4.90 Å². The topological polar surface area (TPSA) is 63.4 Å². The summed E-state index contributed by atoms with van der Waals surface area (Å²) in [6.45, 7) is 10.2. The molecule has 0 spiro atoms. The van der Waals surface area contributed by atoms with Crippen molar-refractivity contribution in [2.45, 2.75) is 53.1 Å². The maximum Gasteiger partial charge on any atom is 0.254 e. The lowest BCUT2D eigenvalue weighted by Gasteiger charge is -2.31. The van der Waals surface area contributed by atoms with Crippen LogP contribution in [0.1, 0.15) is 50.7 Å². The molecule has 0 saturated carbocycles. The molecule has 0 aliphatic carbocycles. The standard InChI is InChI=1S/C20H25N5O/c1-6-15-11-18(19-22-21-12-24(19)23-15)16-9-7-8-10-17(16)20(26)25(13(2)3)14(4)5/h7-14H,6H2,1-5H3. The minimum Gasteiger partial charge on any atom is -0.334 e. The zero-order valence-electron chi connectivity index (χ0n) is 16.0. The Hall–Kier alpha value is -2.76. The van der Waals surface area contributed by atoms with Crippen molar-refractivity contribution in [3.63, 3.8) is 0 Å². The lowest BCUT2D eigenvalue weighted by Crippen LogP contribution is -2.42. The highest BCUT2D eigenvalue weighted by Crippen LogP contribution is 2.29. The second-order valence-corrected chi connectivity index (χ2v) is 6.95. The number of hydrogen-bond donors (Lipinski definition) is 0. The quantitative estimate of drug-likeness (QED) is 0.704. The van der Waals surface area contributed by atoms with E-state index in [0.717, 1.165) is 23.2 Å². The first-order valence-corrected chi connectivity index (χ1v) is 9.06. The number of fused-ring (bicyclic) bond motifs is 1. The molecule has 6 heteroatoms. The number of aromatic nitrogens is 4. The van der Waals surface area contributed by atoms with Gasteiger partial charge in [-0.1, -0.05) is 25.1 Å². The zero-order valence-corrected chi connectivity index (χ0v) is 16.0. The molecule has 0 atom stereocenters. The van der Waals surface area contributed by atoms with Gasteiger partial charge in [0, 0.05) is 23.2 Å². The minimum absolute atomic E-state index is 0.0260. The lowest BCUT2D eigenvalue weighted by atomic mass is 9.98. The smallest absolute Gasteiger partial charge is 0.254 e. The van der Waals surface area contributed by atoms with Crippen LogP contribution < -0.4 is 0 Å². The number of hydrogen-bond acceptors (Lipinski definition) is 4. The van der Waals surface area contributed by atoms with Gasteiger partial charge >= 0.3 is 0 Å². The third-order valence-corrected chi connectivity index (χ3v) is 4.48. The fourth-order valence-corrected chi connectivity index (χ4v) is 3.36. The molecule has 0 unspecified atom stereocenters. The van der Waals surface area contributed by atoms with Crippen molar-refractivity contribution in [3.05, 3.63) is 47.9 Å². The molecule has 2 heterocycles.